The van der Waals surface area contributed by atoms with Crippen LogP contribution in [-0.2, 0) is 0 Å². The Morgan fingerprint density at radius 3 is 2.37 bits per heavy atom. The zero-order valence-corrected chi connectivity index (χ0v) is 22.8. The third-order valence-corrected chi connectivity index (χ3v) is 6.47. The molecule has 1 fully saturated rings. The van der Waals surface area contributed by atoms with Gasteiger partial charge in [0.05, 0.1) is 30.5 Å². The van der Waals surface area contributed by atoms with E-state index >= 15 is 0 Å². The first-order valence-electron chi connectivity index (χ1n) is 12.2. The second kappa shape index (κ2) is 12.0. The predicted octanol–water partition coefficient (Wildman–Crippen LogP) is 3.84. The number of anilines is 3. The lowest BCUT2D eigenvalue weighted by Crippen LogP contribution is -2.54. The molecule has 1 aliphatic heterocycles. The molecule has 2 heterocycles. The number of ether oxygens (including phenoxy) is 2. The van der Waals surface area contributed by atoms with Crippen LogP contribution in [0, 0.1) is 11.8 Å². The highest BCUT2D eigenvalue weighted by Crippen LogP contribution is 2.33. The molecule has 4 rings (SSSR count). The standard InChI is InChI=1S/C28H31ClN6O3/c1-17-15-35(16-18(2)33-17)23-9-8-22(12-24(23)37-4)34-28-31-13-19(14-32-28)6-7-20-10-21(27(36)30-3)11-25(38-5)26(20)29/h8-14,17-18,33H,15-16H2,1-5H3,(H,30,36)(H,31,32,34)/t17-,18+. The van der Waals surface area contributed by atoms with Crippen molar-refractivity contribution in [3.8, 4) is 23.3 Å². The molecule has 2 aromatic carbocycles. The number of methoxy groups -OCH3 is 2. The minimum atomic E-state index is -0.261. The van der Waals surface area contributed by atoms with Crippen molar-refractivity contribution in [3.05, 3.63) is 64.4 Å². The van der Waals surface area contributed by atoms with Crippen LogP contribution in [-0.4, -0.2) is 62.3 Å². The van der Waals surface area contributed by atoms with Crippen molar-refractivity contribution in [2.75, 3.05) is 44.6 Å². The van der Waals surface area contributed by atoms with Crippen LogP contribution in [0.2, 0.25) is 5.02 Å². The monoisotopic (exact) mass is 534 g/mol. The minimum Gasteiger partial charge on any atom is -0.495 e. The highest BCUT2D eigenvalue weighted by atomic mass is 35.5. The van der Waals surface area contributed by atoms with Crippen LogP contribution < -0.4 is 30.3 Å². The second-order valence-electron chi connectivity index (χ2n) is 9.05. The fourth-order valence-corrected chi connectivity index (χ4v) is 4.61. The van der Waals surface area contributed by atoms with Gasteiger partial charge in [0.15, 0.2) is 0 Å². The number of piperazine rings is 1. The summed E-state index contributed by atoms with van der Waals surface area (Å²) >= 11 is 6.39. The summed E-state index contributed by atoms with van der Waals surface area (Å²) in [4.78, 5) is 23.2. The quantitative estimate of drug-likeness (QED) is 0.410. The summed E-state index contributed by atoms with van der Waals surface area (Å²) in [7, 11) is 4.72. The molecule has 0 bridgehead atoms. The molecule has 38 heavy (non-hydrogen) atoms. The van der Waals surface area contributed by atoms with E-state index in [2.05, 4.69) is 62.6 Å². The van der Waals surface area contributed by atoms with Gasteiger partial charge >= 0.3 is 0 Å². The lowest BCUT2D eigenvalue weighted by atomic mass is 10.1. The van der Waals surface area contributed by atoms with Crippen molar-refractivity contribution in [2.24, 2.45) is 0 Å². The highest BCUT2D eigenvalue weighted by molar-refractivity contribution is 6.33. The van der Waals surface area contributed by atoms with Crippen LogP contribution in [0.25, 0.3) is 0 Å². The van der Waals surface area contributed by atoms with E-state index in [0.29, 0.717) is 45.5 Å². The first-order chi connectivity index (χ1) is 18.3. The fraction of sp³-hybridized carbons (Fsp3) is 0.321. The SMILES string of the molecule is CNC(=O)c1cc(C#Cc2cnc(Nc3ccc(N4C[C@@H](C)N[C@@H](C)C4)c(OC)c3)nc2)c(Cl)c(OC)c1. The maximum Gasteiger partial charge on any atom is 0.251 e. The highest BCUT2D eigenvalue weighted by Gasteiger charge is 2.23. The Morgan fingerprint density at radius 1 is 1.05 bits per heavy atom. The van der Waals surface area contributed by atoms with E-state index in [9.17, 15) is 4.79 Å². The summed E-state index contributed by atoms with van der Waals surface area (Å²) in [5.41, 5.74) is 3.32. The summed E-state index contributed by atoms with van der Waals surface area (Å²) in [5, 5.41) is 9.68. The molecule has 0 spiro atoms. The van der Waals surface area contributed by atoms with Crippen molar-refractivity contribution < 1.29 is 14.3 Å². The lowest BCUT2D eigenvalue weighted by Gasteiger charge is -2.38. The smallest absolute Gasteiger partial charge is 0.251 e. The molecular weight excluding hydrogens is 504 g/mol. The summed E-state index contributed by atoms with van der Waals surface area (Å²) < 4.78 is 11.0. The molecule has 9 nitrogen and oxygen atoms in total. The maximum atomic E-state index is 12.1. The Kier molecular flexibility index (Phi) is 8.56. The number of benzene rings is 2. The molecule has 0 radical (unpaired) electrons. The lowest BCUT2D eigenvalue weighted by molar-refractivity contribution is 0.0962. The first-order valence-corrected chi connectivity index (χ1v) is 12.6. The van der Waals surface area contributed by atoms with Crippen LogP contribution in [0.15, 0.2) is 42.7 Å². The number of amides is 1. The Morgan fingerprint density at radius 2 is 1.74 bits per heavy atom. The minimum absolute atomic E-state index is 0.261. The summed E-state index contributed by atoms with van der Waals surface area (Å²) in [6, 6.07) is 9.97. The van der Waals surface area contributed by atoms with Crippen molar-refractivity contribution in [3.63, 3.8) is 0 Å². The van der Waals surface area contributed by atoms with Gasteiger partial charge < -0.3 is 30.3 Å². The number of carbonyl (C=O) groups excluding carboxylic acids is 1. The molecule has 1 saturated heterocycles. The molecule has 0 saturated carbocycles. The van der Waals surface area contributed by atoms with E-state index in [1.807, 2.05) is 12.1 Å². The Balaban J connectivity index is 1.50. The van der Waals surface area contributed by atoms with E-state index in [-0.39, 0.29) is 5.91 Å². The van der Waals surface area contributed by atoms with Crippen molar-refractivity contribution >= 4 is 34.8 Å². The summed E-state index contributed by atoms with van der Waals surface area (Å²) in [5.74, 6) is 7.29. The zero-order valence-electron chi connectivity index (χ0n) is 22.1. The van der Waals surface area contributed by atoms with E-state index in [1.165, 1.54) is 7.11 Å². The number of hydrogen-bond acceptors (Lipinski definition) is 8. The van der Waals surface area contributed by atoms with Crippen molar-refractivity contribution in [1.29, 1.82) is 0 Å². The topological polar surface area (TPSA) is 101 Å². The number of rotatable bonds is 6. The molecule has 198 valence electrons. The summed E-state index contributed by atoms with van der Waals surface area (Å²) in [6.07, 6.45) is 3.23. The third-order valence-electron chi connectivity index (χ3n) is 6.08. The largest absolute Gasteiger partial charge is 0.495 e. The van der Waals surface area contributed by atoms with Gasteiger partial charge in [-0.1, -0.05) is 23.4 Å². The van der Waals surface area contributed by atoms with Crippen LogP contribution >= 0.6 is 11.6 Å². The van der Waals surface area contributed by atoms with Gasteiger partial charge in [0.1, 0.15) is 11.5 Å². The maximum absolute atomic E-state index is 12.1. The van der Waals surface area contributed by atoms with Crippen LogP contribution in [0.5, 0.6) is 11.5 Å². The first kappa shape index (κ1) is 27.0. The van der Waals surface area contributed by atoms with Crippen LogP contribution in [0.4, 0.5) is 17.3 Å². The zero-order chi connectivity index (χ0) is 27.2. The van der Waals surface area contributed by atoms with Gasteiger partial charge in [-0.3, -0.25) is 4.79 Å². The Labute approximate surface area is 227 Å². The molecule has 0 unspecified atom stereocenters. The van der Waals surface area contributed by atoms with E-state index in [1.54, 1.807) is 38.7 Å². The number of aromatic nitrogens is 2. The molecule has 0 aliphatic carbocycles. The molecule has 1 aromatic heterocycles. The molecule has 1 amide bonds. The third kappa shape index (κ3) is 6.28. The van der Waals surface area contributed by atoms with Gasteiger partial charge in [0.25, 0.3) is 5.91 Å². The molecule has 3 aromatic rings. The molecule has 1 aliphatic rings. The summed E-state index contributed by atoms with van der Waals surface area (Å²) in [6.45, 7) is 6.19. The van der Waals surface area contributed by atoms with Gasteiger partial charge in [-0.05, 0) is 38.1 Å². The van der Waals surface area contributed by atoms with Crippen LogP contribution in [0.1, 0.15) is 35.3 Å². The average Bonchev–Trinajstić information content (AvgIpc) is 2.92. The number of carbonyl (C=O) groups is 1. The fourth-order valence-electron chi connectivity index (χ4n) is 4.38. The van der Waals surface area contributed by atoms with Crippen molar-refractivity contribution in [2.45, 2.75) is 25.9 Å². The van der Waals surface area contributed by atoms with Crippen LogP contribution in [0.3, 0.4) is 0 Å². The molecule has 10 heteroatoms. The second-order valence-corrected chi connectivity index (χ2v) is 9.43. The Hall–Kier alpha value is -4.00. The number of nitrogens with zero attached hydrogens (tertiary/aromatic N) is 3. The number of nitrogens with one attached hydrogen (secondary N) is 3. The predicted molar refractivity (Wildman–Crippen MR) is 150 cm³/mol. The van der Waals surface area contributed by atoms with Gasteiger partial charge in [-0.25, -0.2) is 9.97 Å². The van der Waals surface area contributed by atoms with E-state index in [4.69, 9.17) is 21.1 Å². The van der Waals surface area contributed by atoms with Gasteiger partial charge in [-0.15, -0.1) is 0 Å². The van der Waals surface area contributed by atoms with Gasteiger partial charge in [0, 0.05) is 67.5 Å². The normalized spacial score (nSPS) is 16.7. The van der Waals surface area contributed by atoms with Crippen molar-refractivity contribution in [1.82, 2.24) is 20.6 Å². The number of halogens is 1. The van der Waals surface area contributed by atoms with E-state index < -0.39 is 0 Å². The number of hydrogen-bond donors (Lipinski definition) is 3. The average molecular weight is 535 g/mol. The molecule has 3 N–H and O–H groups in total. The molecule has 2 atom stereocenters. The van der Waals surface area contributed by atoms with E-state index in [0.717, 1.165) is 30.2 Å². The van der Waals surface area contributed by atoms with Gasteiger partial charge in [0.2, 0.25) is 5.95 Å². The Bertz CT molecular complexity index is 1360. The molecular formula is C28H31ClN6O3. The van der Waals surface area contributed by atoms with Gasteiger partial charge in [-0.2, -0.15) is 0 Å².